The number of rotatable bonds is 4. The topological polar surface area (TPSA) is 68.1 Å². The minimum absolute atomic E-state index is 0.0599. The van der Waals surface area contributed by atoms with Gasteiger partial charge in [-0.1, -0.05) is 11.6 Å². The third-order valence-electron chi connectivity index (χ3n) is 1.44. The van der Waals surface area contributed by atoms with Gasteiger partial charge in [0.25, 0.3) is 0 Å². The standard InChI is InChI=1S/C8H11N3O2S/c1-6(2)3-4-9-8-10-5-7(14-8)11(12)13/h3,5H,4H2,1-2H3,(H,9,10). The molecule has 0 aliphatic rings. The summed E-state index contributed by atoms with van der Waals surface area (Å²) >= 11 is 1.04. The molecule has 0 fully saturated rings. The molecule has 1 aromatic rings. The largest absolute Gasteiger partial charge is 0.358 e. The highest BCUT2D eigenvalue weighted by Crippen LogP contribution is 2.24. The van der Waals surface area contributed by atoms with Crippen molar-refractivity contribution < 1.29 is 4.92 Å². The number of nitrogens with zero attached hydrogens (tertiary/aromatic N) is 2. The summed E-state index contributed by atoms with van der Waals surface area (Å²) in [4.78, 5) is 13.8. The van der Waals surface area contributed by atoms with E-state index in [0.717, 1.165) is 11.3 Å². The molecule has 1 N–H and O–H groups in total. The van der Waals surface area contributed by atoms with Crippen LogP contribution in [0.4, 0.5) is 10.1 Å². The molecule has 0 amide bonds. The zero-order chi connectivity index (χ0) is 10.6. The van der Waals surface area contributed by atoms with Crippen LogP contribution in [0.5, 0.6) is 0 Å². The van der Waals surface area contributed by atoms with E-state index in [2.05, 4.69) is 10.3 Å². The fourth-order valence-electron chi connectivity index (χ4n) is 0.774. The fraction of sp³-hybridized carbons (Fsp3) is 0.375. The van der Waals surface area contributed by atoms with Crippen LogP contribution in [0.15, 0.2) is 17.8 Å². The Morgan fingerprint density at radius 1 is 1.79 bits per heavy atom. The summed E-state index contributed by atoms with van der Waals surface area (Å²) < 4.78 is 0. The third kappa shape index (κ3) is 3.14. The second-order valence-electron chi connectivity index (χ2n) is 2.92. The molecular formula is C8H11N3O2S. The Morgan fingerprint density at radius 3 is 3.00 bits per heavy atom. The van der Waals surface area contributed by atoms with Gasteiger partial charge in [0.2, 0.25) is 0 Å². The number of hydrogen-bond donors (Lipinski definition) is 1. The van der Waals surface area contributed by atoms with E-state index in [4.69, 9.17) is 0 Å². The molecule has 1 rings (SSSR count). The first kappa shape index (κ1) is 10.6. The molecule has 0 aliphatic carbocycles. The molecule has 14 heavy (non-hydrogen) atoms. The predicted molar refractivity (Wildman–Crippen MR) is 56.7 cm³/mol. The van der Waals surface area contributed by atoms with Crippen LogP contribution in [0, 0.1) is 10.1 Å². The van der Waals surface area contributed by atoms with E-state index in [1.54, 1.807) is 0 Å². The Hall–Kier alpha value is -1.43. The van der Waals surface area contributed by atoms with Crippen molar-refractivity contribution in [3.05, 3.63) is 28.0 Å². The summed E-state index contributed by atoms with van der Waals surface area (Å²) in [7, 11) is 0. The van der Waals surface area contributed by atoms with Gasteiger partial charge in [-0.3, -0.25) is 10.1 Å². The van der Waals surface area contributed by atoms with Crippen molar-refractivity contribution in [2.75, 3.05) is 11.9 Å². The molecule has 0 atom stereocenters. The first-order valence-corrected chi connectivity index (χ1v) is 4.88. The lowest BCUT2D eigenvalue weighted by atomic mass is 10.3. The maximum atomic E-state index is 10.3. The first-order chi connectivity index (χ1) is 6.59. The molecule has 0 saturated heterocycles. The van der Waals surface area contributed by atoms with Crippen molar-refractivity contribution in [2.24, 2.45) is 0 Å². The van der Waals surface area contributed by atoms with Gasteiger partial charge in [0.15, 0.2) is 5.13 Å². The van der Waals surface area contributed by atoms with Crippen molar-refractivity contribution in [1.29, 1.82) is 0 Å². The highest BCUT2D eigenvalue weighted by molar-refractivity contribution is 7.18. The Labute approximate surface area is 85.6 Å². The van der Waals surface area contributed by atoms with Crippen LogP contribution in [-0.4, -0.2) is 16.5 Å². The molecule has 6 heteroatoms. The lowest BCUT2D eigenvalue weighted by Crippen LogP contribution is -1.97. The molecule has 0 saturated carbocycles. The lowest BCUT2D eigenvalue weighted by molar-refractivity contribution is -0.380. The molecule has 76 valence electrons. The van der Waals surface area contributed by atoms with Crippen LogP contribution in [-0.2, 0) is 0 Å². The molecule has 0 radical (unpaired) electrons. The summed E-state index contributed by atoms with van der Waals surface area (Å²) in [6, 6.07) is 0. The molecule has 5 nitrogen and oxygen atoms in total. The SMILES string of the molecule is CC(C)=CCNc1ncc([N+](=O)[O-])s1. The molecular weight excluding hydrogens is 202 g/mol. The second kappa shape index (κ2) is 4.71. The fourth-order valence-corrected chi connectivity index (χ4v) is 1.41. The van der Waals surface area contributed by atoms with Gasteiger partial charge in [-0.2, -0.15) is 0 Å². The van der Waals surface area contributed by atoms with Crippen molar-refractivity contribution in [1.82, 2.24) is 4.98 Å². The summed E-state index contributed by atoms with van der Waals surface area (Å²) in [5, 5.41) is 13.9. The number of hydrogen-bond acceptors (Lipinski definition) is 5. The molecule has 1 aromatic heterocycles. The number of anilines is 1. The van der Waals surface area contributed by atoms with Gasteiger partial charge < -0.3 is 5.32 Å². The summed E-state index contributed by atoms with van der Waals surface area (Å²) in [5.74, 6) is 0. The lowest BCUT2D eigenvalue weighted by Gasteiger charge is -1.95. The van der Waals surface area contributed by atoms with Gasteiger partial charge >= 0.3 is 5.00 Å². The van der Waals surface area contributed by atoms with E-state index in [1.807, 2.05) is 19.9 Å². The normalized spacial score (nSPS) is 9.57. The average molecular weight is 213 g/mol. The number of nitro groups is 1. The highest BCUT2D eigenvalue weighted by atomic mass is 32.1. The highest BCUT2D eigenvalue weighted by Gasteiger charge is 2.10. The number of thiazole rings is 1. The molecule has 0 aliphatic heterocycles. The summed E-state index contributed by atoms with van der Waals surface area (Å²) in [6.45, 7) is 4.63. The summed E-state index contributed by atoms with van der Waals surface area (Å²) in [5.41, 5.74) is 1.20. The number of aromatic nitrogens is 1. The smallest absolute Gasteiger partial charge is 0.345 e. The van der Waals surface area contributed by atoms with Crippen molar-refractivity contribution in [3.8, 4) is 0 Å². The maximum absolute atomic E-state index is 10.3. The van der Waals surface area contributed by atoms with Gasteiger partial charge in [0.05, 0.1) is 4.92 Å². The van der Waals surface area contributed by atoms with E-state index in [1.165, 1.54) is 11.8 Å². The number of nitrogens with one attached hydrogen (secondary N) is 1. The van der Waals surface area contributed by atoms with Crippen LogP contribution in [0.2, 0.25) is 0 Å². The minimum atomic E-state index is -0.441. The molecule has 1 heterocycles. The zero-order valence-electron chi connectivity index (χ0n) is 7.98. The Morgan fingerprint density at radius 2 is 2.50 bits per heavy atom. The van der Waals surface area contributed by atoms with Crippen molar-refractivity contribution in [2.45, 2.75) is 13.8 Å². The van der Waals surface area contributed by atoms with E-state index < -0.39 is 4.92 Å². The van der Waals surface area contributed by atoms with Gasteiger partial charge in [0.1, 0.15) is 6.20 Å². The van der Waals surface area contributed by atoms with Gasteiger partial charge in [-0.15, -0.1) is 0 Å². The number of allylic oxidation sites excluding steroid dienone is 1. The monoisotopic (exact) mass is 213 g/mol. The Kier molecular flexibility index (Phi) is 3.58. The minimum Gasteiger partial charge on any atom is -0.358 e. The summed E-state index contributed by atoms with van der Waals surface area (Å²) in [6.07, 6.45) is 3.25. The van der Waals surface area contributed by atoms with Crippen LogP contribution >= 0.6 is 11.3 Å². The molecule has 0 aromatic carbocycles. The Balaban J connectivity index is 2.52. The van der Waals surface area contributed by atoms with Crippen molar-refractivity contribution in [3.63, 3.8) is 0 Å². The van der Waals surface area contributed by atoms with Gasteiger partial charge in [0, 0.05) is 6.54 Å². The van der Waals surface area contributed by atoms with Crippen molar-refractivity contribution >= 4 is 21.5 Å². The van der Waals surface area contributed by atoms with E-state index in [0.29, 0.717) is 11.7 Å². The van der Waals surface area contributed by atoms with E-state index in [9.17, 15) is 10.1 Å². The van der Waals surface area contributed by atoms with E-state index >= 15 is 0 Å². The first-order valence-electron chi connectivity index (χ1n) is 4.07. The predicted octanol–water partition coefficient (Wildman–Crippen LogP) is 2.43. The molecule has 0 spiro atoms. The maximum Gasteiger partial charge on any atom is 0.345 e. The van der Waals surface area contributed by atoms with Gasteiger partial charge in [-0.05, 0) is 25.2 Å². The zero-order valence-corrected chi connectivity index (χ0v) is 8.80. The quantitative estimate of drug-likeness (QED) is 0.474. The second-order valence-corrected chi connectivity index (χ2v) is 3.93. The third-order valence-corrected chi connectivity index (χ3v) is 2.34. The van der Waals surface area contributed by atoms with Gasteiger partial charge in [-0.25, -0.2) is 4.98 Å². The van der Waals surface area contributed by atoms with E-state index in [-0.39, 0.29) is 5.00 Å². The van der Waals surface area contributed by atoms with Crippen LogP contribution in [0.1, 0.15) is 13.8 Å². The van der Waals surface area contributed by atoms with Crippen LogP contribution in [0.3, 0.4) is 0 Å². The molecule has 0 unspecified atom stereocenters. The van der Waals surface area contributed by atoms with Crippen LogP contribution < -0.4 is 5.32 Å². The van der Waals surface area contributed by atoms with Crippen LogP contribution in [0.25, 0.3) is 0 Å². The molecule has 0 bridgehead atoms. The Bertz CT molecular complexity index is 355. The average Bonchev–Trinajstić information content (AvgIpc) is 2.52.